The largest absolute Gasteiger partial charge is 0.372 e. The molecule has 1 saturated carbocycles. The van der Waals surface area contributed by atoms with Gasteiger partial charge < -0.3 is 24.8 Å². The van der Waals surface area contributed by atoms with Gasteiger partial charge in [0, 0.05) is 24.4 Å². The van der Waals surface area contributed by atoms with Crippen molar-refractivity contribution in [3.05, 3.63) is 46.6 Å². The number of halogens is 1. The molecule has 4 atom stereocenters. The number of rotatable bonds is 16. The zero-order chi connectivity index (χ0) is 35.7. The lowest BCUT2D eigenvalue weighted by Gasteiger charge is -2.30. The van der Waals surface area contributed by atoms with E-state index in [0.29, 0.717) is 42.0 Å². The van der Waals surface area contributed by atoms with Crippen molar-refractivity contribution in [2.24, 2.45) is 11.8 Å². The number of ether oxygens (including phenoxy) is 1. The van der Waals surface area contributed by atoms with Crippen LogP contribution in [0.5, 0.6) is 0 Å². The molecular weight excluding hydrogens is 684 g/mol. The third-order valence-electron chi connectivity index (χ3n) is 10.1. The maximum absolute atomic E-state index is 14.2. The predicted molar refractivity (Wildman–Crippen MR) is 188 cm³/mol. The maximum Gasteiger partial charge on any atom is 0.243 e. The van der Waals surface area contributed by atoms with E-state index in [0.717, 1.165) is 50.6 Å². The van der Waals surface area contributed by atoms with E-state index in [1.54, 1.807) is 19.1 Å². The molecule has 15 heteroatoms. The SMILES string of the molecule is CC[C@H](NC(=O)[C@@H]1C[C@@H](OCc2ccc(Cl)cc2)CN1C(=O)[C@@H](CCC1CCNCC1)NS(C)(=O)=O)C(=O)c1noc(CC2CCCCC2)n1. The summed E-state index contributed by atoms with van der Waals surface area (Å²) in [6.07, 6.45) is 10.2. The Labute approximate surface area is 300 Å². The van der Waals surface area contributed by atoms with Crippen LogP contribution in [0.2, 0.25) is 5.02 Å². The molecule has 13 nitrogen and oxygen atoms in total. The Morgan fingerprint density at radius 1 is 1.06 bits per heavy atom. The molecule has 1 aromatic heterocycles. The number of nitrogens with zero attached hydrogens (tertiary/aromatic N) is 3. The molecule has 2 amide bonds. The number of sulfonamides is 1. The lowest BCUT2D eigenvalue weighted by Crippen LogP contribution is -2.55. The molecule has 2 saturated heterocycles. The minimum Gasteiger partial charge on any atom is -0.372 e. The van der Waals surface area contributed by atoms with Crippen molar-refractivity contribution < 1.29 is 32.1 Å². The highest BCUT2D eigenvalue weighted by atomic mass is 35.5. The second kappa shape index (κ2) is 18.0. The number of ketones is 1. The summed E-state index contributed by atoms with van der Waals surface area (Å²) < 4.78 is 39.0. The third-order valence-corrected chi connectivity index (χ3v) is 11.1. The highest BCUT2D eigenvalue weighted by Gasteiger charge is 2.43. The van der Waals surface area contributed by atoms with Gasteiger partial charge in [0.2, 0.25) is 39.3 Å². The molecule has 276 valence electrons. The molecule has 0 unspecified atom stereocenters. The fourth-order valence-corrected chi connectivity index (χ4v) is 8.18. The van der Waals surface area contributed by atoms with Crippen LogP contribution < -0.4 is 15.4 Å². The highest BCUT2D eigenvalue weighted by Crippen LogP contribution is 2.28. The van der Waals surface area contributed by atoms with Gasteiger partial charge in [0.25, 0.3) is 0 Å². The second-order valence-corrected chi connectivity index (χ2v) is 16.3. The normalized spacial score (nSPS) is 21.9. The van der Waals surface area contributed by atoms with Gasteiger partial charge in [-0.15, -0.1) is 0 Å². The summed E-state index contributed by atoms with van der Waals surface area (Å²) in [5.74, 6) is -0.332. The first-order valence-corrected chi connectivity index (χ1v) is 20.3. The van der Waals surface area contributed by atoms with E-state index < -0.39 is 51.9 Å². The molecule has 1 aliphatic carbocycles. The molecule has 3 heterocycles. The van der Waals surface area contributed by atoms with E-state index in [9.17, 15) is 22.8 Å². The fraction of sp³-hybridized carbons (Fsp3) is 0.686. The van der Waals surface area contributed by atoms with Crippen LogP contribution in [-0.4, -0.2) is 91.2 Å². The van der Waals surface area contributed by atoms with Crippen molar-refractivity contribution in [3.63, 3.8) is 0 Å². The molecule has 2 aliphatic heterocycles. The zero-order valence-corrected chi connectivity index (χ0v) is 30.6. The number of aromatic nitrogens is 2. The molecule has 2 aromatic rings. The number of hydrogen-bond acceptors (Lipinski definition) is 10. The number of benzene rings is 1. The van der Waals surface area contributed by atoms with E-state index in [2.05, 4.69) is 25.5 Å². The number of likely N-dealkylation sites (tertiary alicyclic amines) is 1. The summed E-state index contributed by atoms with van der Waals surface area (Å²) in [7, 11) is -3.74. The molecule has 0 bridgehead atoms. The van der Waals surface area contributed by atoms with Crippen molar-refractivity contribution in [2.75, 3.05) is 25.9 Å². The molecule has 50 heavy (non-hydrogen) atoms. The lowest BCUT2D eigenvalue weighted by atomic mass is 9.87. The average molecular weight is 735 g/mol. The van der Waals surface area contributed by atoms with Gasteiger partial charge in [-0.3, -0.25) is 14.4 Å². The summed E-state index contributed by atoms with van der Waals surface area (Å²) in [5.41, 5.74) is 0.874. The summed E-state index contributed by atoms with van der Waals surface area (Å²) >= 11 is 6.03. The standard InChI is InChI=1S/C35H51ClN6O7S/c1-3-28(32(43)33-39-31(49-40-33)19-24-7-5-4-6-8-24)38-34(44)30-20-27(48-22-25-9-12-26(36)13-10-25)21-42(30)35(45)29(41-50(2,46)47)14-11-23-15-17-37-18-16-23/h9-10,12-13,23-24,27-30,37,41H,3-8,11,14-22H2,1-2H3,(H,38,44)/t27-,28+,29-,30+/m1/s1. The minimum absolute atomic E-state index is 0.0817. The predicted octanol–water partition coefficient (Wildman–Crippen LogP) is 3.81. The number of carbonyl (C=O) groups is 3. The smallest absolute Gasteiger partial charge is 0.243 e. The fourth-order valence-electron chi connectivity index (χ4n) is 7.32. The Kier molecular flexibility index (Phi) is 13.8. The highest BCUT2D eigenvalue weighted by molar-refractivity contribution is 7.88. The van der Waals surface area contributed by atoms with Gasteiger partial charge in [0.05, 0.1) is 25.0 Å². The van der Waals surface area contributed by atoms with Gasteiger partial charge in [-0.25, -0.2) is 13.1 Å². The average Bonchev–Trinajstić information content (AvgIpc) is 3.76. The van der Waals surface area contributed by atoms with E-state index in [-0.39, 0.29) is 31.8 Å². The number of amides is 2. The van der Waals surface area contributed by atoms with Crippen LogP contribution >= 0.6 is 11.6 Å². The number of hydrogen-bond donors (Lipinski definition) is 3. The summed E-state index contributed by atoms with van der Waals surface area (Å²) in [4.78, 5) is 47.4. The minimum atomic E-state index is -3.74. The summed E-state index contributed by atoms with van der Waals surface area (Å²) in [5, 5.41) is 10.7. The first-order chi connectivity index (χ1) is 24.0. The molecule has 3 fully saturated rings. The van der Waals surface area contributed by atoms with Gasteiger partial charge in [-0.1, -0.05) is 55.1 Å². The van der Waals surface area contributed by atoms with Gasteiger partial charge in [-0.2, -0.15) is 4.98 Å². The van der Waals surface area contributed by atoms with E-state index >= 15 is 0 Å². The summed E-state index contributed by atoms with van der Waals surface area (Å²) in [6.45, 7) is 3.85. The number of carbonyl (C=O) groups excluding carboxylic acids is 3. The molecule has 0 radical (unpaired) electrons. The summed E-state index contributed by atoms with van der Waals surface area (Å²) in [6, 6.07) is 4.22. The Morgan fingerprint density at radius 2 is 1.78 bits per heavy atom. The van der Waals surface area contributed by atoms with Gasteiger partial charge in [-0.05, 0) is 87.6 Å². The topological polar surface area (TPSA) is 173 Å². The Balaban J connectivity index is 1.30. The van der Waals surface area contributed by atoms with Crippen molar-refractivity contribution in [2.45, 2.75) is 115 Å². The zero-order valence-electron chi connectivity index (χ0n) is 29.1. The van der Waals surface area contributed by atoms with E-state index in [1.165, 1.54) is 24.2 Å². The van der Waals surface area contributed by atoms with Crippen LogP contribution in [0, 0.1) is 11.8 Å². The van der Waals surface area contributed by atoms with Crippen LogP contribution in [0.3, 0.4) is 0 Å². The van der Waals surface area contributed by atoms with Crippen LogP contribution in [0.4, 0.5) is 0 Å². The number of Topliss-reactive ketones (excluding diaryl/α,β-unsaturated/α-hetero) is 1. The van der Waals surface area contributed by atoms with E-state index in [4.69, 9.17) is 20.9 Å². The van der Waals surface area contributed by atoms with Gasteiger partial charge in [0.1, 0.15) is 12.1 Å². The Bertz CT molecular complexity index is 1540. The van der Waals surface area contributed by atoms with Gasteiger partial charge in [0.15, 0.2) is 0 Å². The molecule has 1 aromatic carbocycles. The van der Waals surface area contributed by atoms with Crippen LogP contribution in [0.25, 0.3) is 0 Å². The first kappa shape index (κ1) is 38.3. The number of nitrogens with one attached hydrogen (secondary N) is 3. The molecule has 3 N–H and O–H groups in total. The maximum atomic E-state index is 14.2. The molecular formula is C35H51ClN6O7S. The second-order valence-electron chi connectivity index (χ2n) is 14.1. The lowest BCUT2D eigenvalue weighted by molar-refractivity contribution is -0.140. The molecule has 5 rings (SSSR count). The third kappa shape index (κ3) is 11.0. The van der Waals surface area contributed by atoms with Gasteiger partial charge >= 0.3 is 0 Å². The number of piperidine rings is 1. The molecule has 0 spiro atoms. The van der Waals surface area contributed by atoms with Crippen LogP contribution in [0.15, 0.2) is 28.8 Å². The van der Waals surface area contributed by atoms with E-state index in [1.807, 2.05) is 12.1 Å². The Morgan fingerprint density at radius 3 is 2.46 bits per heavy atom. The van der Waals surface area contributed by atoms with Crippen LogP contribution in [0.1, 0.15) is 99.6 Å². The van der Waals surface area contributed by atoms with Crippen molar-refractivity contribution in [1.29, 1.82) is 0 Å². The van der Waals surface area contributed by atoms with Crippen molar-refractivity contribution in [1.82, 2.24) is 30.4 Å². The Hall–Kier alpha value is -2.91. The van der Waals surface area contributed by atoms with Crippen LogP contribution in [-0.2, 0) is 37.4 Å². The quantitative estimate of drug-likeness (QED) is 0.215. The first-order valence-electron chi connectivity index (χ1n) is 18.0. The molecule has 3 aliphatic rings. The van der Waals surface area contributed by atoms with Crippen molar-refractivity contribution in [3.8, 4) is 0 Å². The van der Waals surface area contributed by atoms with Crippen molar-refractivity contribution >= 4 is 39.2 Å². The monoisotopic (exact) mass is 734 g/mol.